The van der Waals surface area contributed by atoms with E-state index in [0.29, 0.717) is 17.3 Å². The van der Waals surface area contributed by atoms with Crippen molar-refractivity contribution in [2.24, 2.45) is 0 Å². The van der Waals surface area contributed by atoms with Crippen molar-refractivity contribution < 1.29 is 4.79 Å². The van der Waals surface area contributed by atoms with E-state index in [1.54, 1.807) is 12.3 Å². The molecule has 2 N–H and O–H groups in total. The predicted octanol–water partition coefficient (Wildman–Crippen LogP) is 3.63. The Morgan fingerprint density at radius 1 is 1.22 bits per heavy atom. The number of hydrogen-bond acceptors (Lipinski definition) is 2. The molecule has 1 saturated heterocycles. The number of likely N-dealkylation sites (tertiary alicyclic amines) is 1. The highest BCUT2D eigenvalue weighted by atomic mass is 35.5. The second kappa shape index (κ2) is 7.66. The van der Waals surface area contributed by atoms with Crippen LogP contribution in [0, 0.1) is 0 Å². The van der Waals surface area contributed by atoms with Gasteiger partial charge in [-0.25, -0.2) is 0 Å². The van der Waals surface area contributed by atoms with E-state index in [0.717, 1.165) is 13.1 Å². The van der Waals surface area contributed by atoms with Gasteiger partial charge in [-0.05, 0) is 37.6 Å². The standard InChI is InChI=1S/C18H22ClN3O/c19-15-11-16(20-12-15)18(23)21-13-17(14-7-3-1-4-8-14)22-9-5-2-6-10-22/h1,3-4,7-8,11-12,17,20H,2,5-6,9-10,13H2,(H,21,23). The molecule has 1 fully saturated rings. The highest BCUT2D eigenvalue weighted by Gasteiger charge is 2.23. The molecule has 1 aromatic heterocycles. The number of carbonyl (C=O) groups is 1. The first-order valence-corrected chi connectivity index (χ1v) is 8.53. The molecular formula is C18H22ClN3O. The first-order chi connectivity index (χ1) is 11.2. The summed E-state index contributed by atoms with van der Waals surface area (Å²) in [5.41, 5.74) is 1.75. The van der Waals surface area contributed by atoms with Crippen molar-refractivity contribution in [2.45, 2.75) is 25.3 Å². The predicted molar refractivity (Wildman–Crippen MR) is 92.7 cm³/mol. The fourth-order valence-electron chi connectivity index (χ4n) is 3.15. The van der Waals surface area contributed by atoms with E-state index < -0.39 is 0 Å². The first kappa shape index (κ1) is 16.1. The molecule has 2 heterocycles. The average Bonchev–Trinajstić information content (AvgIpc) is 3.03. The molecule has 2 aromatic rings. The van der Waals surface area contributed by atoms with Crippen LogP contribution in [0.3, 0.4) is 0 Å². The molecule has 1 aliphatic heterocycles. The van der Waals surface area contributed by atoms with Crippen LogP contribution in [0.25, 0.3) is 0 Å². The lowest BCUT2D eigenvalue weighted by molar-refractivity contribution is 0.0920. The van der Waals surface area contributed by atoms with Crippen molar-refractivity contribution in [2.75, 3.05) is 19.6 Å². The second-order valence-corrected chi connectivity index (χ2v) is 6.40. The minimum absolute atomic E-state index is 0.116. The smallest absolute Gasteiger partial charge is 0.267 e. The van der Waals surface area contributed by atoms with Crippen LogP contribution in [0.5, 0.6) is 0 Å². The van der Waals surface area contributed by atoms with Gasteiger partial charge in [0.05, 0.1) is 11.1 Å². The van der Waals surface area contributed by atoms with Gasteiger partial charge >= 0.3 is 0 Å². The van der Waals surface area contributed by atoms with Gasteiger partial charge < -0.3 is 10.3 Å². The van der Waals surface area contributed by atoms with Gasteiger partial charge in [0.15, 0.2) is 0 Å². The topological polar surface area (TPSA) is 48.1 Å². The summed E-state index contributed by atoms with van der Waals surface area (Å²) in [4.78, 5) is 17.6. The van der Waals surface area contributed by atoms with Crippen LogP contribution in [0.2, 0.25) is 5.02 Å². The molecule has 1 amide bonds. The van der Waals surface area contributed by atoms with E-state index in [1.165, 1.54) is 24.8 Å². The van der Waals surface area contributed by atoms with Gasteiger partial charge in [-0.15, -0.1) is 0 Å². The molecule has 0 bridgehead atoms. The number of carbonyl (C=O) groups excluding carboxylic acids is 1. The minimum Gasteiger partial charge on any atom is -0.356 e. The van der Waals surface area contributed by atoms with Crippen LogP contribution in [0.15, 0.2) is 42.6 Å². The number of aromatic amines is 1. The molecule has 0 radical (unpaired) electrons. The van der Waals surface area contributed by atoms with Crippen molar-refractivity contribution in [1.82, 2.24) is 15.2 Å². The summed E-state index contributed by atoms with van der Waals surface area (Å²) < 4.78 is 0. The minimum atomic E-state index is -0.116. The zero-order chi connectivity index (χ0) is 16.1. The number of aromatic nitrogens is 1. The van der Waals surface area contributed by atoms with Crippen molar-refractivity contribution in [3.63, 3.8) is 0 Å². The number of H-pyrrole nitrogens is 1. The zero-order valence-electron chi connectivity index (χ0n) is 13.1. The third kappa shape index (κ3) is 4.15. The van der Waals surface area contributed by atoms with E-state index >= 15 is 0 Å². The molecule has 1 aromatic carbocycles. The molecule has 4 nitrogen and oxygen atoms in total. The summed E-state index contributed by atoms with van der Waals surface area (Å²) in [7, 11) is 0. The molecule has 5 heteroatoms. The number of nitrogens with zero attached hydrogens (tertiary/aromatic N) is 1. The molecular weight excluding hydrogens is 310 g/mol. The lowest BCUT2D eigenvalue weighted by Gasteiger charge is -2.35. The van der Waals surface area contributed by atoms with Crippen LogP contribution < -0.4 is 5.32 Å². The van der Waals surface area contributed by atoms with Gasteiger partial charge in [0.25, 0.3) is 5.91 Å². The molecule has 3 rings (SSSR count). The number of piperidine rings is 1. The Morgan fingerprint density at radius 2 is 1.96 bits per heavy atom. The fourth-order valence-corrected chi connectivity index (χ4v) is 3.31. The third-order valence-corrected chi connectivity index (χ3v) is 4.58. The summed E-state index contributed by atoms with van der Waals surface area (Å²) in [5.74, 6) is -0.116. The quantitative estimate of drug-likeness (QED) is 0.879. The summed E-state index contributed by atoms with van der Waals surface area (Å²) >= 11 is 5.87. The van der Waals surface area contributed by atoms with Crippen molar-refractivity contribution >= 4 is 17.5 Å². The Balaban J connectivity index is 1.69. The Morgan fingerprint density at radius 3 is 2.61 bits per heavy atom. The number of rotatable bonds is 5. The summed E-state index contributed by atoms with van der Waals surface area (Å²) in [6.45, 7) is 2.77. The Bertz CT molecular complexity index is 635. The Kier molecular flexibility index (Phi) is 5.36. The van der Waals surface area contributed by atoms with Crippen molar-refractivity contribution in [1.29, 1.82) is 0 Å². The maximum Gasteiger partial charge on any atom is 0.267 e. The largest absolute Gasteiger partial charge is 0.356 e. The van der Waals surface area contributed by atoms with Crippen LogP contribution in [0.4, 0.5) is 0 Å². The Labute approximate surface area is 141 Å². The van der Waals surface area contributed by atoms with E-state index in [1.807, 2.05) is 6.07 Å². The molecule has 0 spiro atoms. The maximum absolute atomic E-state index is 12.3. The lowest BCUT2D eigenvalue weighted by Crippen LogP contribution is -2.40. The number of amides is 1. The van der Waals surface area contributed by atoms with Crippen molar-refractivity contribution in [3.05, 3.63) is 58.9 Å². The molecule has 1 unspecified atom stereocenters. The molecule has 23 heavy (non-hydrogen) atoms. The Hall–Kier alpha value is -1.78. The first-order valence-electron chi connectivity index (χ1n) is 8.15. The normalized spacial score (nSPS) is 16.9. The number of halogens is 1. The van der Waals surface area contributed by atoms with Crippen LogP contribution in [0.1, 0.15) is 41.4 Å². The number of benzene rings is 1. The molecule has 1 atom stereocenters. The van der Waals surface area contributed by atoms with Gasteiger partial charge in [-0.2, -0.15) is 0 Å². The zero-order valence-corrected chi connectivity index (χ0v) is 13.9. The molecule has 0 saturated carbocycles. The fraction of sp³-hybridized carbons (Fsp3) is 0.389. The monoisotopic (exact) mass is 331 g/mol. The van der Waals surface area contributed by atoms with Gasteiger partial charge in [-0.1, -0.05) is 48.4 Å². The number of hydrogen-bond donors (Lipinski definition) is 2. The maximum atomic E-state index is 12.3. The highest BCUT2D eigenvalue weighted by Crippen LogP contribution is 2.24. The van der Waals surface area contributed by atoms with Gasteiger partial charge in [0.2, 0.25) is 0 Å². The summed E-state index contributed by atoms with van der Waals surface area (Å²) in [6.07, 6.45) is 5.37. The van der Waals surface area contributed by atoms with Gasteiger partial charge in [0, 0.05) is 12.7 Å². The SMILES string of the molecule is O=C(NCC(c1ccccc1)N1CCCCC1)c1cc(Cl)c[nH]1. The van der Waals surface area contributed by atoms with E-state index in [2.05, 4.69) is 39.5 Å². The van der Waals surface area contributed by atoms with E-state index in [9.17, 15) is 4.79 Å². The van der Waals surface area contributed by atoms with Crippen molar-refractivity contribution in [3.8, 4) is 0 Å². The lowest BCUT2D eigenvalue weighted by atomic mass is 10.0. The second-order valence-electron chi connectivity index (χ2n) is 5.96. The van der Waals surface area contributed by atoms with Crippen LogP contribution >= 0.6 is 11.6 Å². The third-order valence-electron chi connectivity index (χ3n) is 4.36. The van der Waals surface area contributed by atoms with Crippen LogP contribution in [-0.2, 0) is 0 Å². The molecule has 0 aliphatic carbocycles. The average molecular weight is 332 g/mol. The van der Waals surface area contributed by atoms with E-state index in [4.69, 9.17) is 11.6 Å². The van der Waals surface area contributed by atoms with Gasteiger partial charge in [0.1, 0.15) is 5.69 Å². The highest BCUT2D eigenvalue weighted by molar-refractivity contribution is 6.30. The van der Waals surface area contributed by atoms with Crippen LogP contribution in [-0.4, -0.2) is 35.4 Å². The molecule has 1 aliphatic rings. The van der Waals surface area contributed by atoms with E-state index in [-0.39, 0.29) is 11.9 Å². The van der Waals surface area contributed by atoms with Gasteiger partial charge in [-0.3, -0.25) is 9.69 Å². The number of nitrogens with one attached hydrogen (secondary N) is 2. The summed E-state index contributed by atoms with van der Waals surface area (Å²) in [5, 5.41) is 3.58. The summed E-state index contributed by atoms with van der Waals surface area (Å²) in [6, 6.07) is 12.3. The molecule has 122 valence electrons.